The van der Waals surface area contributed by atoms with E-state index in [2.05, 4.69) is 52.6 Å². The third-order valence-electron chi connectivity index (χ3n) is 10.3. The van der Waals surface area contributed by atoms with E-state index in [1.54, 1.807) is 0 Å². The third-order valence-corrected chi connectivity index (χ3v) is 10.3. The number of aliphatic hydroxyl groups is 2. The SMILES string of the molecule is CNC.Cc1nc2ccc(C3=CCC4C3(C)CC=C3C5CC56CC(O)CCC6CC[C@@]34O)cc2[nH]1. The number of H-pyrrole nitrogens is 1. The summed E-state index contributed by atoms with van der Waals surface area (Å²) in [6.07, 6.45) is 12.9. The highest BCUT2D eigenvalue weighted by Crippen LogP contribution is 2.74. The lowest BCUT2D eigenvalue weighted by molar-refractivity contribution is -0.0389. The fourth-order valence-electron chi connectivity index (χ4n) is 8.74. The van der Waals surface area contributed by atoms with Gasteiger partial charge in [-0.2, -0.15) is 0 Å². The van der Waals surface area contributed by atoms with Gasteiger partial charge in [0.1, 0.15) is 5.82 Å². The number of allylic oxidation sites excluding steroid dienone is 3. The monoisotopic (exact) mass is 475 g/mol. The van der Waals surface area contributed by atoms with Crippen molar-refractivity contribution in [1.29, 1.82) is 0 Å². The van der Waals surface area contributed by atoms with Crippen LogP contribution in [0.3, 0.4) is 0 Å². The largest absolute Gasteiger partial charge is 0.393 e. The molecule has 1 heterocycles. The lowest BCUT2D eigenvalue weighted by Crippen LogP contribution is -2.49. The zero-order valence-corrected chi connectivity index (χ0v) is 21.7. The van der Waals surface area contributed by atoms with E-state index in [-0.39, 0.29) is 22.9 Å². The molecule has 5 aliphatic rings. The minimum Gasteiger partial charge on any atom is -0.393 e. The van der Waals surface area contributed by atoms with Gasteiger partial charge in [-0.1, -0.05) is 25.1 Å². The molecular weight excluding hydrogens is 434 g/mol. The Morgan fingerprint density at radius 1 is 1.11 bits per heavy atom. The predicted octanol–water partition coefficient (Wildman–Crippen LogP) is 5.14. The topological polar surface area (TPSA) is 81.2 Å². The summed E-state index contributed by atoms with van der Waals surface area (Å²) in [4.78, 5) is 7.96. The van der Waals surface area contributed by atoms with Gasteiger partial charge < -0.3 is 20.5 Å². The first kappa shape index (κ1) is 23.4. The van der Waals surface area contributed by atoms with Crippen LogP contribution in [-0.2, 0) is 0 Å². The summed E-state index contributed by atoms with van der Waals surface area (Å²) in [6, 6.07) is 6.58. The van der Waals surface area contributed by atoms with Gasteiger partial charge in [0.2, 0.25) is 0 Å². The first-order chi connectivity index (χ1) is 16.7. The summed E-state index contributed by atoms with van der Waals surface area (Å²) < 4.78 is 0. The minimum absolute atomic E-state index is 0.0436. The van der Waals surface area contributed by atoms with Crippen LogP contribution < -0.4 is 5.32 Å². The maximum absolute atomic E-state index is 12.4. The van der Waals surface area contributed by atoms with Gasteiger partial charge in [0.05, 0.1) is 22.7 Å². The van der Waals surface area contributed by atoms with Crippen molar-refractivity contribution in [3.05, 3.63) is 47.3 Å². The van der Waals surface area contributed by atoms with E-state index in [1.807, 2.05) is 21.0 Å². The van der Waals surface area contributed by atoms with Crippen LogP contribution >= 0.6 is 0 Å². The minimum atomic E-state index is -0.698. The van der Waals surface area contributed by atoms with Crippen molar-refractivity contribution in [2.24, 2.45) is 28.6 Å². The number of nitrogens with one attached hydrogen (secondary N) is 2. The Morgan fingerprint density at radius 3 is 2.71 bits per heavy atom. The predicted molar refractivity (Wildman–Crippen MR) is 141 cm³/mol. The van der Waals surface area contributed by atoms with E-state index in [0.29, 0.717) is 11.8 Å². The molecule has 7 rings (SSSR count). The van der Waals surface area contributed by atoms with E-state index in [4.69, 9.17) is 0 Å². The zero-order valence-electron chi connectivity index (χ0n) is 21.7. The van der Waals surface area contributed by atoms with Crippen molar-refractivity contribution in [3.63, 3.8) is 0 Å². The molecule has 7 atom stereocenters. The Morgan fingerprint density at radius 2 is 1.91 bits per heavy atom. The number of fused-ring (bicyclic) bond motifs is 5. The lowest BCUT2D eigenvalue weighted by atomic mass is 9.58. The Bertz CT molecular complexity index is 1210. The average Bonchev–Trinajstić information content (AvgIpc) is 3.19. The number of hydrogen-bond donors (Lipinski definition) is 4. The van der Waals surface area contributed by atoms with Crippen molar-refractivity contribution in [2.75, 3.05) is 14.1 Å². The van der Waals surface area contributed by atoms with E-state index < -0.39 is 5.60 Å². The quantitative estimate of drug-likeness (QED) is 0.431. The molecule has 6 unspecified atom stereocenters. The Hall–Kier alpha value is -1.95. The van der Waals surface area contributed by atoms with Gasteiger partial charge >= 0.3 is 0 Å². The van der Waals surface area contributed by atoms with Crippen LogP contribution in [0, 0.1) is 35.5 Å². The first-order valence-electron chi connectivity index (χ1n) is 13.6. The fraction of sp³-hybridized carbons (Fsp3) is 0.633. The Balaban J connectivity index is 0.000000727. The molecule has 1 aromatic heterocycles. The van der Waals surface area contributed by atoms with Crippen LogP contribution in [0.15, 0.2) is 35.9 Å². The van der Waals surface area contributed by atoms with Gasteiger partial charge in [0.15, 0.2) is 0 Å². The van der Waals surface area contributed by atoms with Crippen LogP contribution in [-0.4, -0.2) is 46.0 Å². The standard InChI is InChI=1S/C28H34N2O2.C2H7N/c1-16-29-23-7-3-17(13-24(23)30-16)20-6-8-25-26(20,2)11-10-21-22-15-27(22)14-19(31)5-4-18(27)9-12-28(21,25)32;1-3-2/h3,6-7,10,13,18-19,22,25,31-32H,4-5,8-9,11-12,14-15H2,1-2H3,(H,29,30);3H,1-2H3/t18?,19?,22?,25?,26?,27?,28-;/m1./s1. The van der Waals surface area contributed by atoms with E-state index in [9.17, 15) is 10.2 Å². The van der Waals surface area contributed by atoms with Crippen molar-refractivity contribution >= 4 is 16.6 Å². The number of imidazole rings is 1. The summed E-state index contributed by atoms with van der Waals surface area (Å²) in [5.74, 6) is 2.36. The van der Waals surface area contributed by atoms with Crippen LogP contribution in [0.2, 0.25) is 0 Å². The molecule has 2 aromatic rings. The van der Waals surface area contributed by atoms with Gasteiger partial charge in [0, 0.05) is 11.3 Å². The molecule has 0 saturated heterocycles. The van der Waals surface area contributed by atoms with Crippen molar-refractivity contribution in [1.82, 2.24) is 15.3 Å². The summed E-state index contributed by atoms with van der Waals surface area (Å²) in [7, 11) is 3.75. The maximum Gasteiger partial charge on any atom is 0.104 e. The smallest absolute Gasteiger partial charge is 0.104 e. The van der Waals surface area contributed by atoms with Gasteiger partial charge in [-0.25, -0.2) is 4.98 Å². The summed E-state index contributed by atoms with van der Waals surface area (Å²) in [5, 5.41) is 25.5. The third kappa shape index (κ3) is 3.34. The second kappa shape index (κ2) is 8.03. The Kier molecular flexibility index (Phi) is 5.38. The second-order valence-electron chi connectivity index (χ2n) is 12.3. The van der Waals surface area contributed by atoms with Gasteiger partial charge in [0.25, 0.3) is 0 Å². The highest BCUT2D eigenvalue weighted by Gasteiger charge is 2.68. The number of benzene rings is 1. The molecular formula is C30H41N3O2. The normalized spacial score (nSPS) is 41.3. The van der Waals surface area contributed by atoms with Crippen LogP contribution in [0.1, 0.15) is 69.7 Å². The highest BCUT2D eigenvalue weighted by molar-refractivity contribution is 5.83. The average molecular weight is 476 g/mol. The van der Waals surface area contributed by atoms with Gasteiger partial charge in [-0.3, -0.25) is 0 Å². The molecule has 5 heteroatoms. The molecule has 0 aliphatic heterocycles. The molecule has 1 spiro atoms. The van der Waals surface area contributed by atoms with Crippen LogP contribution in [0.5, 0.6) is 0 Å². The zero-order chi connectivity index (χ0) is 24.6. The van der Waals surface area contributed by atoms with E-state index >= 15 is 0 Å². The molecule has 5 aliphatic carbocycles. The summed E-state index contributed by atoms with van der Waals surface area (Å²) in [6.45, 7) is 4.39. The number of aromatic amines is 1. The first-order valence-corrected chi connectivity index (χ1v) is 13.6. The molecule has 4 N–H and O–H groups in total. The van der Waals surface area contributed by atoms with Crippen molar-refractivity contribution in [3.8, 4) is 0 Å². The van der Waals surface area contributed by atoms with E-state index in [0.717, 1.165) is 61.8 Å². The molecule has 35 heavy (non-hydrogen) atoms. The fourth-order valence-corrected chi connectivity index (χ4v) is 8.74. The number of aliphatic hydroxyl groups excluding tert-OH is 1. The summed E-state index contributed by atoms with van der Waals surface area (Å²) >= 11 is 0. The lowest BCUT2D eigenvalue weighted by Gasteiger charge is -2.49. The highest BCUT2D eigenvalue weighted by atomic mass is 16.3. The number of rotatable bonds is 1. The molecule has 5 nitrogen and oxygen atoms in total. The molecule has 1 aromatic carbocycles. The molecule has 0 bridgehead atoms. The summed E-state index contributed by atoms with van der Waals surface area (Å²) in [5.41, 5.74) is 5.64. The van der Waals surface area contributed by atoms with Crippen LogP contribution in [0.4, 0.5) is 0 Å². The Labute approximate surface area is 209 Å². The molecule has 3 saturated carbocycles. The van der Waals surface area contributed by atoms with Crippen molar-refractivity contribution < 1.29 is 10.2 Å². The van der Waals surface area contributed by atoms with Crippen LogP contribution in [0.25, 0.3) is 16.6 Å². The number of hydrogen-bond acceptors (Lipinski definition) is 4. The molecule has 3 fully saturated rings. The number of aromatic nitrogens is 2. The number of aryl methyl sites for hydroxylation is 1. The van der Waals surface area contributed by atoms with Crippen molar-refractivity contribution in [2.45, 2.75) is 76.9 Å². The molecule has 0 radical (unpaired) electrons. The second-order valence-corrected chi connectivity index (χ2v) is 12.3. The molecule has 188 valence electrons. The van der Waals surface area contributed by atoms with Gasteiger partial charge in [-0.15, -0.1) is 0 Å². The maximum atomic E-state index is 12.4. The van der Waals surface area contributed by atoms with Gasteiger partial charge in [-0.05, 0) is 118 Å². The van der Waals surface area contributed by atoms with E-state index in [1.165, 1.54) is 23.1 Å². The number of nitrogens with zero attached hydrogens (tertiary/aromatic N) is 1. The molecule has 0 amide bonds.